The van der Waals surface area contributed by atoms with Crippen LogP contribution in [0.25, 0.3) is 11.3 Å². The SMILES string of the molecule is Cc1sc(C(=O)Nc2cc(Cl)cc(NS(C)(=O)=O)c2)cc1-c1ncc(F)cc1OCc1cc(F)cc(S(=O)(=O)CCO)c1. The van der Waals surface area contributed by atoms with Crippen LogP contribution in [-0.4, -0.2) is 51.4 Å². The van der Waals surface area contributed by atoms with Gasteiger partial charge >= 0.3 is 0 Å². The van der Waals surface area contributed by atoms with E-state index >= 15 is 0 Å². The zero-order chi connectivity index (χ0) is 31.5. The summed E-state index contributed by atoms with van der Waals surface area (Å²) >= 11 is 7.19. The zero-order valence-electron chi connectivity index (χ0n) is 22.5. The summed E-state index contributed by atoms with van der Waals surface area (Å²) < 4.78 is 84.2. The number of aromatic nitrogens is 1. The van der Waals surface area contributed by atoms with Crippen molar-refractivity contribution in [2.75, 3.05) is 28.7 Å². The van der Waals surface area contributed by atoms with E-state index in [0.717, 1.165) is 42.0 Å². The highest BCUT2D eigenvalue weighted by atomic mass is 35.5. The number of pyridine rings is 1. The van der Waals surface area contributed by atoms with Crippen LogP contribution in [0.5, 0.6) is 5.75 Å². The summed E-state index contributed by atoms with van der Waals surface area (Å²) in [7, 11) is -7.52. The van der Waals surface area contributed by atoms with E-state index in [1.165, 1.54) is 30.3 Å². The van der Waals surface area contributed by atoms with Crippen LogP contribution in [0, 0.1) is 18.6 Å². The number of anilines is 2. The van der Waals surface area contributed by atoms with Crippen LogP contribution < -0.4 is 14.8 Å². The van der Waals surface area contributed by atoms with Gasteiger partial charge in [-0.2, -0.15) is 0 Å². The van der Waals surface area contributed by atoms with Gasteiger partial charge in [0, 0.05) is 27.2 Å². The maximum atomic E-state index is 14.2. The second-order valence-corrected chi connectivity index (χ2v) is 14.8. The third-order valence-electron chi connectivity index (χ3n) is 5.72. The third-order valence-corrected chi connectivity index (χ3v) is 9.27. The van der Waals surface area contributed by atoms with Crippen LogP contribution in [-0.2, 0) is 26.5 Å². The number of amides is 1. The molecule has 4 aromatic rings. The number of carbonyl (C=O) groups excluding carboxylic acids is 1. The smallest absolute Gasteiger partial charge is 0.265 e. The van der Waals surface area contributed by atoms with Crippen molar-refractivity contribution in [2.24, 2.45) is 0 Å². The number of nitrogens with one attached hydrogen (secondary N) is 2. The van der Waals surface area contributed by atoms with Gasteiger partial charge in [0.2, 0.25) is 10.0 Å². The summed E-state index contributed by atoms with van der Waals surface area (Å²) in [6.07, 6.45) is 1.94. The van der Waals surface area contributed by atoms with E-state index in [9.17, 15) is 30.4 Å². The first kappa shape index (κ1) is 32.3. The summed E-state index contributed by atoms with van der Waals surface area (Å²) in [5.41, 5.74) is 1.15. The molecule has 3 N–H and O–H groups in total. The van der Waals surface area contributed by atoms with E-state index in [2.05, 4.69) is 15.0 Å². The first-order chi connectivity index (χ1) is 20.1. The molecule has 0 spiro atoms. The monoisotopic (exact) mass is 671 g/mol. The fraction of sp³-hybridized carbons (Fsp3) is 0.185. The molecule has 0 aliphatic carbocycles. The van der Waals surface area contributed by atoms with Crippen molar-refractivity contribution in [3.63, 3.8) is 0 Å². The van der Waals surface area contributed by atoms with Crippen LogP contribution in [0.3, 0.4) is 0 Å². The highest BCUT2D eigenvalue weighted by Gasteiger charge is 2.20. The average Bonchev–Trinajstić information content (AvgIpc) is 3.27. The van der Waals surface area contributed by atoms with Crippen LogP contribution in [0.4, 0.5) is 20.2 Å². The van der Waals surface area contributed by atoms with Gasteiger partial charge in [-0.3, -0.25) is 9.52 Å². The first-order valence-electron chi connectivity index (χ1n) is 12.3. The van der Waals surface area contributed by atoms with Crippen molar-refractivity contribution in [1.82, 2.24) is 4.98 Å². The highest BCUT2D eigenvalue weighted by molar-refractivity contribution is 7.92. The molecule has 0 radical (unpaired) electrons. The summed E-state index contributed by atoms with van der Waals surface area (Å²) in [5.74, 6) is -2.72. The van der Waals surface area contributed by atoms with Gasteiger partial charge in [0.05, 0.1) is 40.3 Å². The van der Waals surface area contributed by atoms with Crippen LogP contribution in [0.2, 0.25) is 5.02 Å². The molecule has 16 heteroatoms. The molecule has 0 aliphatic heterocycles. The van der Waals surface area contributed by atoms with Gasteiger partial charge in [-0.15, -0.1) is 11.3 Å². The zero-order valence-corrected chi connectivity index (χ0v) is 25.7. The number of ether oxygens (including phenoxy) is 1. The van der Waals surface area contributed by atoms with E-state index < -0.39 is 49.8 Å². The number of aliphatic hydroxyl groups is 1. The molecule has 43 heavy (non-hydrogen) atoms. The lowest BCUT2D eigenvalue weighted by atomic mass is 10.1. The average molecular weight is 672 g/mol. The molecule has 0 unspecified atom stereocenters. The van der Waals surface area contributed by atoms with Gasteiger partial charge in [0.25, 0.3) is 5.91 Å². The number of thiophene rings is 1. The second kappa shape index (κ2) is 12.9. The molecule has 0 saturated carbocycles. The first-order valence-corrected chi connectivity index (χ1v) is 17.0. The molecule has 10 nitrogen and oxygen atoms in total. The van der Waals surface area contributed by atoms with Crippen molar-refractivity contribution in [1.29, 1.82) is 0 Å². The number of rotatable bonds is 11. The number of sulfonamides is 1. The number of hydrogen-bond donors (Lipinski definition) is 3. The minimum atomic E-state index is -3.93. The maximum Gasteiger partial charge on any atom is 0.265 e. The Labute approximate surface area is 255 Å². The van der Waals surface area contributed by atoms with E-state index in [-0.39, 0.29) is 49.8 Å². The minimum Gasteiger partial charge on any atom is -0.487 e. The Morgan fingerprint density at radius 1 is 1.02 bits per heavy atom. The van der Waals surface area contributed by atoms with Crippen molar-refractivity contribution in [3.8, 4) is 17.0 Å². The molecular weight excluding hydrogens is 648 g/mol. The van der Waals surface area contributed by atoms with E-state index in [4.69, 9.17) is 21.4 Å². The van der Waals surface area contributed by atoms with Gasteiger partial charge < -0.3 is 15.2 Å². The minimum absolute atomic E-state index is 0.0387. The normalized spacial score (nSPS) is 11.8. The van der Waals surface area contributed by atoms with Gasteiger partial charge in [-0.25, -0.2) is 30.6 Å². The van der Waals surface area contributed by atoms with E-state index in [1.54, 1.807) is 6.92 Å². The predicted octanol–water partition coefficient (Wildman–Crippen LogP) is 5.02. The van der Waals surface area contributed by atoms with Gasteiger partial charge in [0.15, 0.2) is 9.84 Å². The largest absolute Gasteiger partial charge is 0.487 e. The summed E-state index contributed by atoms with van der Waals surface area (Å²) in [6, 6.07) is 9.89. The van der Waals surface area contributed by atoms with Crippen LogP contribution in [0.15, 0.2) is 59.6 Å². The molecule has 1 amide bonds. The quantitative estimate of drug-likeness (QED) is 0.201. The van der Waals surface area contributed by atoms with Gasteiger partial charge in [0.1, 0.15) is 29.7 Å². The maximum absolute atomic E-state index is 14.2. The lowest BCUT2D eigenvalue weighted by molar-refractivity contribution is 0.103. The molecule has 4 rings (SSSR count). The van der Waals surface area contributed by atoms with Crippen molar-refractivity contribution in [2.45, 2.75) is 18.4 Å². The van der Waals surface area contributed by atoms with E-state index in [0.29, 0.717) is 10.4 Å². The Kier molecular flexibility index (Phi) is 9.71. The molecule has 0 atom stereocenters. The standard InChI is InChI=1S/C27H24ClF2N3O7S3/c1-15-23(12-25(41-15)27(35)32-20-7-17(28)8-21(11-20)33-42(2,36)37)26-24(10-19(30)13-31-26)40-14-16-5-18(29)9-22(6-16)43(38,39)4-3-34/h5-13,33-34H,3-4,14H2,1-2H3,(H,32,35). The molecule has 0 aliphatic rings. The lowest BCUT2D eigenvalue weighted by Crippen LogP contribution is -2.12. The Morgan fingerprint density at radius 3 is 2.44 bits per heavy atom. The molecule has 0 fully saturated rings. The molecule has 0 saturated heterocycles. The Balaban J connectivity index is 1.59. The Hall–Kier alpha value is -3.63. The number of aliphatic hydroxyl groups excluding tert-OH is 1. The molecule has 2 heterocycles. The van der Waals surface area contributed by atoms with Gasteiger partial charge in [-0.1, -0.05) is 11.6 Å². The lowest BCUT2D eigenvalue weighted by Gasteiger charge is -2.12. The molecule has 2 aromatic heterocycles. The van der Waals surface area contributed by atoms with Crippen molar-refractivity contribution in [3.05, 3.63) is 86.7 Å². The number of nitrogens with zero attached hydrogens (tertiary/aromatic N) is 1. The van der Waals surface area contributed by atoms with Gasteiger partial charge in [-0.05, 0) is 55.0 Å². The molecular formula is C27H24ClF2N3O7S3. The number of carbonyl (C=O) groups is 1. The highest BCUT2D eigenvalue weighted by Crippen LogP contribution is 2.36. The van der Waals surface area contributed by atoms with Crippen molar-refractivity contribution >= 4 is 60.1 Å². The molecule has 2 aromatic carbocycles. The topological polar surface area (TPSA) is 152 Å². The number of aryl methyl sites for hydroxylation is 1. The van der Waals surface area contributed by atoms with Crippen molar-refractivity contribution < 1.29 is 40.3 Å². The number of halogens is 3. The molecule has 0 bridgehead atoms. The third kappa shape index (κ3) is 8.48. The number of sulfone groups is 1. The number of benzene rings is 2. The van der Waals surface area contributed by atoms with Crippen LogP contribution >= 0.6 is 22.9 Å². The second-order valence-electron chi connectivity index (χ2n) is 9.26. The summed E-state index contributed by atoms with van der Waals surface area (Å²) in [5, 5.41) is 11.9. The fourth-order valence-electron chi connectivity index (χ4n) is 3.97. The summed E-state index contributed by atoms with van der Waals surface area (Å²) in [4.78, 5) is 17.7. The summed E-state index contributed by atoms with van der Waals surface area (Å²) in [6.45, 7) is 0.736. The van der Waals surface area contributed by atoms with Crippen LogP contribution in [0.1, 0.15) is 20.1 Å². The Morgan fingerprint density at radius 2 is 1.74 bits per heavy atom. The molecule has 228 valence electrons. The number of hydrogen-bond acceptors (Lipinski definition) is 9. The fourth-order valence-corrected chi connectivity index (χ4v) is 6.77. The Bertz CT molecular complexity index is 1920. The predicted molar refractivity (Wildman–Crippen MR) is 160 cm³/mol. The van der Waals surface area contributed by atoms with E-state index in [1.807, 2.05) is 0 Å².